The van der Waals surface area contributed by atoms with Gasteiger partial charge >= 0.3 is 12.1 Å². The molecule has 3 atom stereocenters. The Balaban J connectivity index is 1.09. The van der Waals surface area contributed by atoms with Gasteiger partial charge in [0, 0.05) is 32.0 Å². The number of likely N-dealkylation sites (tertiary alicyclic amines) is 1. The number of fused-ring (bicyclic) bond motifs is 4. The number of benzene rings is 2. The highest BCUT2D eigenvalue weighted by molar-refractivity contribution is 5.80. The molecule has 0 radical (unpaired) electrons. The van der Waals surface area contributed by atoms with E-state index >= 15 is 0 Å². The first-order valence-electron chi connectivity index (χ1n) is 11.1. The summed E-state index contributed by atoms with van der Waals surface area (Å²) in [4.78, 5) is 37.6. The lowest BCUT2D eigenvalue weighted by atomic mass is 9.98. The van der Waals surface area contributed by atoms with Gasteiger partial charge in [0.05, 0.1) is 5.92 Å². The number of carbonyl (C=O) groups is 3. The van der Waals surface area contributed by atoms with Crippen LogP contribution in [0.25, 0.3) is 11.1 Å². The summed E-state index contributed by atoms with van der Waals surface area (Å²) in [5, 5.41) is 11.9. The van der Waals surface area contributed by atoms with Gasteiger partial charge in [0.25, 0.3) is 0 Å². The molecule has 1 saturated carbocycles. The minimum absolute atomic E-state index is 0.00296. The highest BCUT2D eigenvalue weighted by Gasteiger charge is 2.57. The van der Waals surface area contributed by atoms with Gasteiger partial charge in [0.2, 0.25) is 5.91 Å². The summed E-state index contributed by atoms with van der Waals surface area (Å²) in [6, 6.07) is 16.3. The molecule has 5 rings (SSSR count). The Morgan fingerprint density at radius 1 is 1.00 bits per heavy atom. The fourth-order valence-electron chi connectivity index (χ4n) is 5.41. The number of hydrogen-bond acceptors (Lipinski definition) is 4. The summed E-state index contributed by atoms with van der Waals surface area (Å²) in [7, 11) is 0. The maximum absolute atomic E-state index is 12.4. The fraction of sp³-hybridized carbons (Fsp3) is 0.400. The molecule has 0 aromatic heterocycles. The van der Waals surface area contributed by atoms with Crippen LogP contribution in [0.5, 0.6) is 0 Å². The molecule has 1 unspecified atom stereocenters. The van der Waals surface area contributed by atoms with Crippen molar-refractivity contribution < 1.29 is 24.2 Å². The van der Waals surface area contributed by atoms with E-state index in [2.05, 4.69) is 29.6 Å². The molecule has 0 spiro atoms. The van der Waals surface area contributed by atoms with Crippen LogP contribution in [0.2, 0.25) is 0 Å². The van der Waals surface area contributed by atoms with Gasteiger partial charge in [-0.05, 0) is 40.5 Å². The molecule has 166 valence electrons. The summed E-state index contributed by atoms with van der Waals surface area (Å²) in [6.45, 7) is 1.53. The lowest BCUT2D eigenvalue weighted by molar-refractivity contribution is -0.139. The van der Waals surface area contributed by atoms with Gasteiger partial charge in [0.15, 0.2) is 0 Å². The number of rotatable bonds is 6. The van der Waals surface area contributed by atoms with Crippen molar-refractivity contribution in [2.45, 2.75) is 18.8 Å². The molecule has 0 bridgehead atoms. The van der Waals surface area contributed by atoms with Crippen LogP contribution in [0.4, 0.5) is 4.79 Å². The lowest BCUT2D eigenvalue weighted by Crippen LogP contribution is -2.39. The zero-order valence-electron chi connectivity index (χ0n) is 17.7. The zero-order valence-corrected chi connectivity index (χ0v) is 17.7. The Morgan fingerprint density at radius 3 is 2.31 bits per heavy atom. The van der Waals surface area contributed by atoms with Crippen LogP contribution >= 0.6 is 0 Å². The first-order valence-corrected chi connectivity index (χ1v) is 11.1. The summed E-state index contributed by atoms with van der Waals surface area (Å²) in [6.07, 6.45) is 0.387. The normalized spacial score (nSPS) is 23.0. The van der Waals surface area contributed by atoms with E-state index in [1.54, 1.807) is 4.90 Å². The summed E-state index contributed by atoms with van der Waals surface area (Å²) in [5.41, 5.74) is 4.65. The van der Waals surface area contributed by atoms with Gasteiger partial charge in [0.1, 0.15) is 6.61 Å². The molecule has 1 aliphatic heterocycles. The van der Waals surface area contributed by atoms with Crippen LogP contribution in [-0.2, 0) is 14.3 Å². The second-order valence-electron chi connectivity index (χ2n) is 8.82. The van der Waals surface area contributed by atoms with E-state index in [4.69, 9.17) is 4.74 Å². The van der Waals surface area contributed by atoms with Gasteiger partial charge < -0.3 is 20.1 Å². The van der Waals surface area contributed by atoms with Gasteiger partial charge in [-0.3, -0.25) is 9.59 Å². The average molecular weight is 434 g/mol. The second-order valence-corrected chi connectivity index (χ2v) is 8.82. The van der Waals surface area contributed by atoms with Crippen molar-refractivity contribution in [3.05, 3.63) is 59.7 Å². The van der Waals surface area contributed by atoms with Crippen molar-refractivity contribution in [1.29, 1.82) is 0 Å². The highest BCUT2D eigenvalue weighted by Crippen LogP contribution is 2.51. The summed E-state index contributed by atoms with van der Waals surface area (Å²) < 4.78 is 5.49. The maximum Gasteiger partial charge on any atom is 0.407 e. The maximum atomic E-state index is 12.4. The molecule has 1 saturated heterocycles. The van der Waals surface area contributed by atoms with Gasteiger partial charge in [-0.2, -0.15) is 0 Å². The topological polar surface area (TPSA) is 95.9 Å². The molecule has 32 heavy (non-hydrogen) atoms. The molecule has 3 aliphatic rings. The third-order valence-corrected chi connectivity index (χ3v) is 7.08. The molecule has 2 amide bonds. The molecule has 2 aliphatic carbocycles. The van der Waals surface area contributed by atoms with E-state index in [1.165, 1.54) is 11.1 Å². The van der Waals surface area contributed by atoms with Crippen molar-refractivity contribution >= 4 is 18.0 Å². The number of carboxylic acids is 1. The minimum Gasteiger partial charge on any atom is -0.481 e. The Hall–Kier alpha value is -3.35. The highest BCUT2D eigenvalue weighted by atomic mass is 16.5. The van der Waals surface area contributed by atoms with Crippen molar-refractivity contribution in [3.8, 4) is 11.1 Å². The largest absolute Gasteiger partial charge is 0.481 e. The number of ether oxygens (including phenoxy) is 1. The third kappa shape index (κ3) is 3.72. The van der Waals surface area contributed by atoms with Crippen LogP contribution < -0.4 is 5.32 Å². The number of aliphatic carboxylic acids is 1. The number of nitrogens with one attached hydrogen (secondary N) is 1. The van der Waals surface area contributed by atoms with Crippen LogP contribution in [0.1, 0.15) is 29.9 Å². The molecular weight excluding hydrogens is 408 g/mol. The fourth-order valence-corrected chi connectivity index (χ4v) is 5.41. The molecule has 7 nitrogen and oxygen atoms in total. The van der Waals surface area contributed by atoms with E-state index in [9.17, 15) is 19.5 Å². The quantitative estimate of drug-likeness (QED) is 0.728. The summed E-state index contributed by atoms with van der Waals surface area (Å²) in [5.74, 6) is -0.816. The summed E-state index contributed by atoms with van der Waals surface area (Å²) >= 11 is 0. The van der Waals surface area contributed by atoms with Gasteiger partial charge in [-0.1, -0.05) is 48.5 Å². The van der Waals surface area contributed by atoms with Crippen LogP contribution in [0.3, 0.4) is 0 Å². The van der Waals surface area contributed by atoms with E-state index in [0.717, 1.165) is 17.5 Å². The molecule has 2 N–H and O–H groups in total. The third-order valence-electron chi connectivity index (χ3n) is 7.08. The number of hydrogen-bond donors (Lipinski definition) is 2. The van der Waals surface area contributed by atoms with E-state index in [1.807, 2.05) is 24.3 Å². The number of carboxylic acid groups (broad SMARTS) is 1. The van der Waals surface area contributed by atoms with Gasteiger partial charge in [-0.15, -0.1) is 0 Å². The molecule has 2 aromatic rings. The Labute approximate surface area is 186 Å². The number of carbonyl (C=O) groups excluding carboxylic acids is 2. The number of nitrogens with zero attached hydrogens (tertiary/aromatic N) is 1. The van der Waals surface area contributed by atoms with E-state index in [-0.39, 0.29) is 49.2 Å². The van der Waals surface area contributed by atoms with Crippen LogP contribution in [-0.4, -0.2) is 54.2 Å². The molecule has 7 heteroatoms. The van der Waals surface area contributed by atoms with Crippen molar-refractivity contribution in [2.24, 2.45) is 17.8 Å². The van der Waals surface area contributed by atoms with Crippen molar-refractivity contribution in [2.75, 3.05) is 26.2 Å². The Morgan fingerprint density at radius 2 is 1.66 bits per heavy atom. The predicted octanol–water partition coefficient (Wildman–Crippen LogP) is 3.09. The van der Waals surface area contributed by atoms with Crippen LogP contribution in [0.15, 0.2) is 48.5 Å². The molecule has 2 aromatic carbocycles. The standard InChI is InChI=1S/C25H26N2O5/c28-22(27-12-10-19-20(13-27)23(19)24(29)30)9-11-26-25(31)32-14-21-17-7-3-1-5-15(17)16-6-2-4-8-18(16)21/h1-8,19-21,23H,9-14H2,(H,26,31)(H,29,30)/t19-,20+,23?/m1/s1. The average Bonchev–Trinajstić information content (AvgIpc) is 3.45. The Kier molecular flexibility index (Phi) is 5.33. The van der Waals surface area contributed by atoms with Crippen molar-refractivity contribution in [3.63, 3.8) is 0 Å². The van der Waals surface area contributed by atoms with Crippen molar-refractivity contribution in [1.82, 2.24) is 10.2 Å². The van der Waals surface area contributed by atoms with Gasteiger partial charge in [-0.25, -0.2) is 4.79 Å². The second kappa shape index (κ2) is 8.30. The zero-order chi connectivity index (χ0) is 22.2. The van der Waals surface area contributed by atoms with Crippen LogP contribution in [0, 0.1) is 17.8 Å². The molecule has 1 heterocycles. The lowest BCUT2D eigenvalue weighted by Gasteiger charge is -2.26. The monoisotopic (exact) mass is 434 g/mol. The minimum atomic E-state index is -0.758. The predicted molar refractivity (Wildman–Crippen MR) is 117 cm³/mol. The smallest absolute Gasteiger partial charge is 0.407 e. The SMILES string of the molecule is O=C(NCCC(=O)N1CC[C@H]2C(C(=O)O)[C@H]2C1)OCC1c2ccccc2-c2ccccc21. The number of alkyl carbamates (subject to hydrolysis) is 1. The van der Waals surface area contributed by atoms with E-state index in [0.29, 0.717) is 13.1 Å². The molecular formula is C25H26N2O5. The number of piperidine rings is 1. The van der Waals surface area contributed by atoms with E-state index < -0.39 is 12.1 Å². The number of amides is 2. The first-order chi connectivity index (χ1) is 15.5. The first kappa shape index (κ1) is 20.5. The molecule has 2 fully saturated rings. The Bertz CT molecular complexity index is 1020.